The topological polar surface area (TPSA) is 51.0 Å². The number of nitrogens with zero attached hydrogens (tertiary/aromatic N) is 4. The van der Waals surface area contributed by atoms with Gasteiger partial charge in [-0.25, -0.2) is 4.98 Å². The molecule has 4 rings (SSSR count). The molecule has 1 saturated heterocycles. The van der Waals surface area contributed by atoms with Crippen molar-refractivity contribution in [3.05, 3.63) is 45.6 Å². The highest BCUT2D eigenvalue weighted by atomic mass is 35.5. The van der Waals surface area contributed by atoms with Gasteiger partial charge in [-0.1, -0.05) is 25.4 Å². The van der Waals surface area contributed by atoms with Gasteiger partial charge in [0.15, 0.2) is 0 Å². The summed E-state index contributed by atoms with van der Waals surface area (Å²) < 4.78 is 2.93. The van der Waals surface area contributed by atoms with E-state index in [1.807, 2.05) is 23.2 Å². The Bertz CT molecular complexity index is 948. The maximum Gasteiger partial charge on any atom is 0.263 e. The zero-order chi connectivity index (χ0) is 18.3. The first-order valence-corrected chi connectivity index (χ1v) is 10.1. The van der Waals surface area contributed by atoms with Crippen LogP contribution in [0.1, 0.15) is 41.7 Å². The summed E-state index contributed by atoms with van der Waals surface area (Å²) in [6.07, 6.45) is 4.60. The number of fused-ring (bicyclic) bond motifs is 1. The van der Waals surface area contributed by atoms with Crippen LogP contribution in [0.4, 0.5) is 0 Å². The second-order valence-electron chi connectivity index (χ2n) is 7.18. The van der Waals surface area contributed by atoms with E-state index < -0.39 is 0 Å². The molecule has 7 heteroatoms. The smallest absolute Gasteiger partial charge is 0.263 e. The summed E-state index contributed by atoms with van der Waals surface area (Å²) in [6, 6.07) is 5.55. The molecule has 0 spiro atoms. The predicted octanol–water partition coefficient (Wildman–Crippen LogP) is 4.43. The molecule has 1 fully saturated rings. The summed E-state index contributed by atoms with van der Waals surface area (Å²) in [4.78, 5) is 24.5. The fraction of sp³-hybridized carbons (Fsp3) is 0.421. The summed E-state index contributed by atoms with van der Waals surface area (Å²) in [5.41, 5.74) is 2.05. The molecule has 3 aromatic rings. The van der Waals surface area contributed by atoms with Gasteiger partial charge in [-0.2, -0.15) is 0 Å². The third kappa shape index (κ3) is 3.23. The number of amides is 1. The lowest BCUT2D eigenvalue weighted by atomic mass is 10.1. The van der Waals surface area contributed by atoms with Crippen molar-refractivity contribution in [3.63, 3.8) is 0 Å². The molecule has 0 N–H and O–H groups in total. The summed E-state index contributed by atoms with van der Waals surface area (Å²) >= 11 is 7.32. The van der Waals surface area contributed by atoms with Gasteiger partial charge in [0.05, 0.1) is 26.4 Å². The van der Waals surface area contributed by atoms with E-state index in [1.54, 1.807) is 12.3 Å². The van der Waals surface area contributed by atoms with Gasteiger partial charge in [-0.3, -0.25) is 9.78 Å². The van der Waals surface area contributed by atoms with Gasteiger partial charge in [-0.05, 0) is 30.5 Å². The maximum atomic E-state index is 12.7. The van der Waals surface area contributed by atoms with E-state index in [9.17, 15) is 4.79 Å². The van der Waals surface area contributed by atoms with Crippen LogP contribution in [-0.4, -0.2) is 38.4 Å². The minimum absolute atomic E-state index is 0.0672. The van der Waals surface area contributed by atoms with E-state index in [0.29, 0.717) is 21.7 Å². The third-order valence-corrected chi connectivity index (χ3v) is 5.97. The predicted molar refractivity (Wildman–Crippen MR) is 105 cm³/mol. The number of likely N-dealkylation sites (tertiary alicyclic amines) is 1. The Morgan fingerprint density at radius 2 is 2.23 bits per heavy atom. The lowest BCUT2D eigenvalue weighted by molar-refractivity contribution is 0.0795. The van der Waals surface area contributed by atoms with Crippen LogP contribution in [-0.2, 0) is 6.54 Å². The Morgan fingerprint density at radius 3 is 2.96 bits per heavy atom. The number of hydrogen-bond donors (Lipinski definition) is 0. The van der Waals surface area contributed by atoms with Gasteiger partial charge in [0, 0.05) is 31.7 Å². The lowest BCUT2D eigenvalue weighted by Crippen LogP contribution is -2.28. The zero-order valence-electron chi connectivity index (χ0n) is 14.9. The molecule has 0 aromatic carbocycles. The van der Waals surface area contributed by atoms with E-state index >= 15 is 0 Å². The van der Waals surface area contributed by atoms with E-state index in [4.69, 9.17) is 16.6 Å². The molecule has 0 radical (unpaired) electrons. The molecule has 3 aromatic heterocycles. The number of hydrogen-bond acceptors (Lipinski definition) is 4. The van der Waals surface area contributed by atoms with Crippen molar-refractivity contribution in [1.82, 2.24) is 19.4 Å². The normalized spacial score (nSPS) is 17.5. The number of pyridine rings is 1. The molecule has 0 bridgehead atoms. The van der Waals surface area contributed by atoms with Gasteiger partial charge in [-0.15, -0.1) is 11.3 Å². The number of thiophene rings is 1. The minimum atomic E-state index is 0.0672. The Hall–Kier alpha value is -1.92. The number of imidazole rings is 1. The van der Waals surface area contributed by atoms with E-state index in [-0.39, 0.29) is 11.8 Å². The molecule has 0 saturated carbocycles. The second-order valence-corrected chi connectivity index (χ2v) is 8.89. The summed E-state index contributed by atoms with van der Waals surface area (Å²) in [7, 11) is 0. The van der Waals surface area contributed by atoms with Gasteiger partial charge < -0.3 is 9.47 Å². The van der Waals surface area contributed by atoms with Gasteiger partial charge in [0.2, 0.25) is 0 Å². The molecule has 26 heavy (non-hydrogen) atoms. The van der Waals surface area contributed by atoms with E-state index in [0.717, 1.165) is 36.4 Å². The minimum Gasteiger partial charge on any atom is -0.337 e. The van der Waals surface area contributed by atoms with Crippen LogP contribution in [0.3, 0.4) is 0 Å². The first-order valence-electron chi connectivity index (χ1n) is 8.87. The number of halogens is 1. The van der Waals surface area contributed by atoms with Crippen LogP contribution in [0.15, 0.2) is 30.6 Å². The summed E-state index contributed by atoms with van der Waals surface area (Å²) in [6.45, 7) is 6.77. The second kappa shape index (κ2) is 7.00. The number of carbonyl (C=O) groups is 1. The molecule has 1 aliphatic rings. The van der Waals surface area contributed by atoms with Crippen LogP contribution < -0.4 is 0 Å². The van der Waals surface area contributed by atoms with Crippen molar-refractivity contribution in [2.75, 3.05) is 13.1 Å². The van der Waals surface area contributed by atoms with Crippen LogP contribution in [0.25, 0.3) is 11.0 Å². The van der Waals surface area contributed by atoms with E-state index in [1.165, 1.54) is 11.3 Å². The number of aromatic nitrogens is 3. The molecule has 1 atom stereocenters. The van der Waals surface area contributed by atoms with Crippen molar-refractivity contribution in [3.8, 4) is 0 Å². The van der Waals surface area contributed by atoms with Gasteiger partial charge in [0.1, 0.15) is 5.82 Å². The van der Waals surface area contributed by atoms with Crippen molar-refractivity contribution in [1.29, 1.82) is 0 Å². The Kier molecular flexibility index (Phi) is 4.71. The molecule has 1 aliphatic heterocycles. The van der Waals surface area contributed by atoms with Crippen molar-refractivity contribution >= 4 is 39.9 Å². The number of carbonyl (C=O) groups excluding carboxylic acids is 1. The van der Waals surface area contributed by atoms with Crippen LogP contribution >= 0.6 is 22.9 Å². The third-order valence-electron chi connectivity index (χ3n) is 4.75. The molecule has 0 aliphatic carbocycles. The SMILES string of the molecule is CC(C)Cn1c(C2CCN(C(=O)c3ccc(Cl)s3)C2)nc2ccncc21. The van der Waals surface area contributed by atoms with Crippen molar-refractivity contribution < 1.29 is 4.79 Å². The summed E-state index contributed by atoms with van der Waals surface area (Å²) in [5, 5.41) is 0. The zero-order valence-corrected chi connectivity index (χ0v) is 16.4. The lowest BCUT2D eigenvalue weighted by Gasteiger charge is -2.17. The van der Waals surface area contributed by atoms with Crippen molar-refractivity contribution in [2.24, 2.45) is 5.92 Å². The molecular weight excluding hydrogens is 368 g/mol. The highest BCUT2D eigenvalue weighted by Gasteiger charge is 2.32. The molecule has 1 amide bonds. The average molecular weight is 389 g/mol. The monoisotopic (exact) mass is 388 g/mol. The summed E-state index contributed by atoms with van der Waals surface area (Å²) in [5.74, 6) is 1.90. The first-order chi connectivity index (χ1) is 12.5. The molecule has 136 valence electrons. The molecular formula is C19H21ClN4OS. The molecule has 1 unspecified atom stereocenters. The van der Waals surface area contributed by atoms with Crippen LogP contribution in [0.2, 0.25) is 4.34 Å². The Labute approximate surface area is 161 Å². The quantitative estimate of drug-likeness (QED) is 0.664. The highest BCUT2D eigenvalue weighted by Crippen LogP contribution is 2.32. The fourth-order valence-electron chi connectivity index (χ4n) is 3.60. The van der Waals surface area contributed by atoms with Crippen LogP contribution in [0, 0.1) is 5.92 Å². The standard InChI is InChI=1S/C19H21ClN4OS/c1-12(2)10-24-15-9-21-7-5-14(15)22-18(24)13-6-8-23(11-13)19(25)16-3-4-17(20)26-16/h3-5,7,9,12-13H,6,8,10-11H2,1-2H3. The maximum absolute atomic E-state index is 12.7. The molecule has 4 heterocycles. The van der Waals surface area contributed by atoms with E-state index in [2.05, 4.69) is 23.4 Å². The fourth-order valence-corrected chi connectivity index (χ4v) is 4.61. The average Bonchev–Trinajstić information content (AvgIpc) is 3.33. The Morgan fingerprint density at radius 1 is 1.38 bits per heavy atom. The van der Waals surface area contributed by atoms with Gasteiger partial charge >= 0.3 is 0 Å². The highest BCUT2D eigenvalue weighted by molar-refractivity contribution is 7.17. The van der Waals surface area contributed by atoms with Gasteiger partial charge in [0.25, 0.3) is 5.91 Å². The van der Waals surface area contributed by atoms with Crippen molar-refractivity contribution in [2.45, 2.75) is 32.7 Å². The van der Waals surface area contributed by atoms with Crippen LogP contribution in [0.5, 0.6) is 0 Å². The first kappa shape index (κ1) is 17.5. The Balaban J connectivity index is 1.61. The largest absolute Gasteiger partial charge is 0.337 e. The molecule has 5 nitrogen and oxygen atoms in total. The number of rotatable bonds is 4.